The molecule has 2 aromatic rings. The van der Waals surface area contributed by atoms with Gasteiger partial charge in [-0.15, -0.1) is 0 Å². The van der Waals surface area contributed by atoms with Crippen LogP contribution in [0.1, 0.15) is 23.3 Å². The molecule has 1 unspecified atom stereocenters. The van der Waals surface area contributed by atoms with Gasteiger partial charge < -0.3 is 10.1 Å². The average molecular weight is 335 g/mol. The van der Waals surface area contributed by atoms with E-state index in [1.165, 1.54) is 0 Å². The highest BCUT2D eigenvalue weighted by molar-refractivity contribution is 9.10. The van der Waals surface area contributed by atoms with Gasteiger partial charge in [0.1, 0.15) is 5.69 Å². The molecule has 1 fully saturated rings. The van der Waals surface area contributed by atoms with E-state index in [1.54, 1.807) is 6.20 Å². The molecule has 5 heteroatoms. The zero-order valence-electron chi connectivity index (χ0n) is 10.9. The van der Waals surface area contributed by atoms with Gasteiger partial charge in [0.2, 0.25) is 0 Å². The molecule has 1 aromatic carbocycles. The highest BCUT2D eigenvalue weighted by Crippen LogP contribution is 2.19. The number of halogens is 1. The number of amides is 1. The Kier molecular flexibility index (Phi) is 3.98. The van der Waals surface area contributed by atoms with Crippen LogP contribution in [-0.4, -0.2) is 30.1 Å². The Morgan fingerprint density at radius 2 is 2.25 bits per heavy atom. The second-order valence-electron chi connectivity index (χ2n) is 4.95. The molecular weight excluding hydrogens is 320 g/mol. The Bertz CT molecular complexity index is 639. The zero-order valence-corrected chi connectivity index (χ0v) is 12.5. The Hall–Kier alpha value is -1.46. The first-order chi connectivity index (χ1) is 9.72. The first-order valence-corrected chi connectivity index (χ1v) is 7.45. The van der Waals surface area contributed by atoms with Crippen molar-refractivity contribution in [3.05, 3.63) is 40.6 Å². The summed E-state index contributed by atoms with van der Waals surface area (Å²) >= 11 is 3.44. The number of aromatic nitrogens is 1. The van der Waals surface area contributed by atoms with Crippen LogP contribution in [0.3, 0.4) is 0 Å². The number of carbonyl (C=O) groups is 1. The summed E-state index contributed by atoms with van der Waals surface area (Å²) in [7, 11) is 0. The van der Waals surface area contributed by atoms with Gasteiger partial charge in [-0.3, -0.25) is 9.78 Å². The molecule has 1 N–H and O–H groups in total. The number of benzene rings is 1. The van der Waals surface area contributed by atoms with Crippen molar-refractivity contribution in [1.82, 2.24) is 10.3 Å². The van der Waals surface area contributed by atoms with E-state index >= 15 is 0 Å². The zero-order chi connectivity index (χ0) is 13.9. The SMILES string of the molecule is O=C(NC1CCCOC1)c1cc2cc(Br)ccc2cn1. The fourth-order valence-corrected chi connectivity index (χ4v) is 2.73. The first kappa shape index (κ1) is 13.5. The van der Waals surface area contributed by atoms with Crippen molar-refractivity contribution in [1.29, 1.82) is 0 Å². The van der Waals surface area contributed by atoms with Crippen LogP contribution in [0.4, 0.5) is 0 Å². The standard InChI is InChI=1S/C15H15BrN2O2/c16-12-4-3-10-8-17-14(7-11(10)6-12)15(19)18-13-2-1-5-20-9-13/h3-4,6-8,13H,1-2,5,9H2,(H,18,19). The molecule has 0 aliphatic carbocycles. The molecule has 1 aliphatic rings. The number of nitrogens with zero attached hydrogens (tertiary/aromatic N) is 1. The van der Waals surface area contributed by atoms with Crippen LogP contribution < -0.4 is 5.32 Å². The number of rotatable bonds is 2. The molecule has 1 atom stereocenters. The number of hydrogen-bond donors (Lipinski definition) is 1. The van der Waals surface area contributed by atoms with Crippen LogP contribution in [-0.2, 0) is 4.74 Å². The van der Waals surface area contributed by atoms with Gasteiger partial charge in [0, 0.05) is 22.7 Å². The first-order valence-electron chi connectivity index (χ1n) is 6.66. The predicted octanol–water partition coefficient (Wildman–Crippen LogP) is 2.91. The van der Waals surface area contributed by atoms with Crippen LogP contribution in [0.15, 0.2) is 34.9 Å². The summed E-state index contributed by atoms with van der Waals surface area (Å²) < 4.78 is 6.35. The molecular formula is C15H15BrN2O2. The number of nitrogens with one attached hydrogen (secondary N) is 1. The van der Waals surface area contributed by atoms with Crippen LogP contribution in [0.2, 0.25) is 0 Å². The predicted molar refractivity (Wildman–Crippen MR) is 80.8 cm³/mol. The third-order valence-electron chi connectivity index (χ3n) is 3.41. The normalized spacial score (nSPS) is 18.9. The largest absolute Gasteiger partial charge is 0.379 e. The third-order valence-corrected chi connectivity index (χ3v) is 3.91. The Morgan fingerprint density at radius 1 is 1.35 bits per heavy atom. The van der Waals surface area contributed by atoms with Gasteiger partial charge >= 0.3 is 0 Å². The summed E-state index contributed by atoms with van der Waals surface area (Å²) in [6.07, 6.45) is 3.68. The third kappa shape index (κ3) is 2.99. The van der Waals surface area contributed by atoms with Crippen molar-refractivity contribution in [2.75, 3.05) is 13.2 Å². The molecule has 1 amide bonds. The summed E-state index contributed by atoms with van der Waals surface area (Å²) in [6, 6.07) is 7.83. The smallest absolute Gasteiger partial charge is 0.270 e. The highest BCUT2D eigenvalue weighted by Gasteiger charge is 2.17. The minimum absolute atomic E-state index is 0.0938. The van der Waals surface area contributed by atoms with Gasteiger partial charge in [-0.05, 0) is 36.4 Å². The topological polar surface area (TPSA) is 51.2 Å². The average Bonchev–Trinajstić information content (AvgIpc) is 2.47. The summed E-state index contributed by atoms with van der Waals surface area (Å²) in [6.45, 7) is 1.37. The number of ether oxygens (including phenoxy) is 1. The second-order valence-corrected chi connectivity index (χ2v) is 5.86. The van der Waals surface area contributed by atoms with Crippen molar-refractivity contribution in [2.24, 2.45) is 0 Å². The lowest BCUT2D eigenvalue weighted by Crippen LogP contribution is -2.40. The molecule has 20 heavy (non-hydrogen) atoms. The van der Waals surface area contributed by atoms with Crippen molar-refractivity contribution < 1.29 is 9.53 Å². The lowest BCUT2D eigenvalue weighted by molar-refractivity contribution is 0.0622. The minimum atomic E-state index is -0.137. The van der Waals surface area contributed by atoms with Crippen molar-refractivity contribution in [2.45, 2.75) is 18.9 Å². The fourth-order valence-electron chi connectivity index (χ4n) is 2.35. The summed E-state index contributed by atoms with van der Waals surface area (Å²) in [5.41, 5.74) is 0.446. The lowest BCUT2D eigenvalue weighted by Gasteiger charge is -2.22. The van der Waals surface area contributed by atoms with E-state index in [4.69, 9.17) is 4.74 Å². The van der Waals surface area contributed by atoms with Crippen molar-refractivity contribution in [3.63, 3.8) is 0 Å². The van der Waals surface area contributed by atoms with E-state index in [0.29, 0.717) is 12.3 Å². The molecule has 4 nitrogen and oxygen atoms in total. The molecule has 0 spiro atoms. The molecule has 1 aromatic heterocycles. The molecule has 0 radical (unpaired) electrons. The van der Waals surface area contributed by atoms with E-state index in [1.807, 2.05) is 24.3 Å². The van der Waals surface area contributed by atoms with Gasteiger partial charge in [-0.2, -0.15) is 0 Å². The maximum absolute atomic E-state index is 12.2. The summed E-state index contributed by atoms with van der Waals surface area (Å²) in [5.74, 6) is -0.137. The van der Waals surface area contributed by atoms with E-state index in [0.717, 1.165) is 34.7 Å². The molecule has 2 heterocycles. The lowest BCUT2D eigenvalue weighted by atomic mass is 10.1. The highest BCUT2D eigenvalue weighted by atomic mass is 79.9. The van der Waals surface area contributed by atoms with Crippen molar-refractivity contribution >= 4 is 32.6 Å². The van der Waals surface area contributed by atoms with E-state index < -0.39 is 0 Å². The molecule has 0 bridgehead atoms. The van der Waals surface area contributed by atoms with Crippen molar-refractivity contribution in [3.8, 4) is 0 Å². The number of hydrogen-bond acceptors (Lipinski definition) is 3. The number of fused-ring (bicyclic) bond motifs is 1. The number of pyridine rings is 1. The summed E-state index contributed by atoms with van der Waals surface area (Å²) in [5, 5.41) is 4.99. The van der Waals surface area contributed by atoms with Crippen LogP contribution >= 0.6 is 15.9 Å². The van der Waals surface area contributed by atoms with Crippen LogP contribution in [0, 0.1) is 0 Å². The molecule has 3 rings (SSSR count). The maximum atomic E-state index is 12.2. The maximum Gasteiger partial charge on any atom is 0.270 e. The minimum Gasteiger partial charge on any atom is -0.379 e. The Labute approximate surface area is 125 Å². The fraction of sp³-hybridized carbons (Fsp3) is 0.333. The van der Waals surface area contributed by atoms with Gasteiger partial charge in [0.15, 0.2) is 0 Å². The van der Waals surface area contributed by atoms with Crippen LogP contribution in [0.5, 0.6) is 0 Å². The number of carbonyl (C=O) groups excluding carboxylic acids is 1. The Balaban J connectivity index is 1.80. The van der Waals surface area contributed by atoms with Gasteiger partial charge in [-0.25, -0.2) is 0 Å². The molecule has 1 aliphatic heterocycles. The monoisotopic (exact) mass is 334 g/mol. The molecule has 0 saturated carbocycles. The van der Waals surface area contributed by atoms with Gasteiger partial charge in [0.25, 0.3) is 5.91 Å². The van der Waals surface area contributed by atoms with E-state index in [-0.39, 0.29) is 11.9 Å². The van der Waals surface area contributed by atoms with E-state index in [2.05, 4.69) is 26.2 Å². The van der Waals surface area contributed by atoms with Gasteiger partial charge in [-0.1, -0.05) is 22.0 Å². The Morgan fingerprint density at radius 3 is 3.05 bits per heavy atom. The van der Waals surface area contributed by atoms with E-state index in [9.17, 15) is 4.79 Å². The van der Waals surface area contributed by atoms with Gasteiger partial charge in [0.05, 0.1) is 12.6 Å². The summed E-state index contributed by atoms with van der Waals surface area (Å²) in [4.78, 5) is 16.4. The molecule has 1 saturated heterocycles. The second kappa shape index (κ2) is 5.89. The molecule has 104 valence electrons. The quantitative estimate of drug-likeness (QED) is 0.918. The van der Waals surface area contributed by atoms with Crippen LogP contribution in [0.25, 0.3) is 10.8 Å².